The van der Waals surface area contributed by atoms with Crippen LogP contribution in [0.15, 0.2) is 0 Å². The van der Waals surface area contributed by atoms with E-state index in [1.54, 1.807) is 6.92 Å². The van der Waals surface area contributed by atoms with Gasteiger partial charge in [0, 0.05) is 25.7 Å². The van der Waals surface area contributed by atoms with E-state index in [1.165, 1.54) is 31.6 Å². The average Bonchev–Trinajstić information content (AvgIpc) is 3.12. The van der Waals surface area contributed by atoms with Crippen molar-refractivity contribution in [2.75, 3.05) is 26.7 Å². The first-order valence-electron chi connectivity index (χ1n) is 6.79. The molecule has 0 radical (unpaired) electrons. The number of carboxylic acid groups (broad SMARTS) is 1. The Morgan fingerprint density at radius 3 is 2.37 bits per heavy atom. The zero-order chi connectivity index (χ0) is 14.6. The topological polar surface area (TPSA) is 72.9 Å². The van der Waals surface area contributed by atoms with Crippen LogP contribution in [0.5, 0.6) is 0 Å². The summed E-state index contributed by atoms with van der Waals surface area (Å²) in [6, 6.07) is 0.341. The summed E-state index contributed by atoms with van der Waals surface area (Å²) in [6.07, 6.45) is 2.47. The second-order valence-corrected chi connectivity index (χ2v) is 5.55. The molecule has 1 aliphatic rings. The molecule has 0 heterocycles. The number of likely N-dealkylation sites (N-methyl/N-ethyl adjacent to an activating group) is 2. The molecule has 0 aromatic rings. The maximum atomic E-state index is 12.0. The molecular formula is C13H25N3O3. The smallest absolute Gasteiger partial charge is 0.329 e. The fourth-order valence-corrected chi connectivity index (χ4v) is 2.04. The molecule has 1 fully saturated rings. The second kappa shape index (κ2) is 6.23. The van der Waals surface area contributed by atoms with Crippen LogP contribution in [-0.4, -0.2) is 65.2 Å². The molecule has 1 rings (SSSR count). The van der Waals surface area contributed by atoms with Crippen LogP contribution in [0.4, 0.5) is 4.79 Å². The van der Waals surface area contributed by atoms with Gasteiger partial charge in [0.15, 0.2) is 0 Å². The molecule has 110 valence electrons. The Hall–Kier alpha value is -1.30. The van der Waals surface area contributed by atoms with Crippen LogP contribution in [0.1, 0.15) is 33.6 Å². The fraction of sp³-hybridized carbons (Fsp3) is 0.846. The summed E-state index contributed by atoms with van der Waals surface area (Å²) in [5.74, 6) is -1.00. The monoisotopic (exact) mass is 271 g/mol. The number of hydrogen-bond donors (Lipinski definition) is 2. The van der Waals surface area contributed by atoms with E-state index < -0.39 is 11.5 Å². The molecule has 0 aromatic carbocycles. The maximum Gasteiger partial charge on any atom is 0.329 e. The summed E-state index contributed by atoms with van der Waals surface area (Å²) < 4.78 is 0. The number of rotatable bonds is 7. The number of amides is 2. The van der Waals surface area contributed by atoms with Gasteiger partial charge in [-0.15, -0.1) is 0 Å². The van der Waals surface area contributed by atoms with Gasteiger partial charge < -0.3 is 20.2 Å². The molecule has 19 heavy (non-hydrogen) atoms. The fourth-order valence-electron chi connectivity index (χ4n) is 2.04. The molecular weight excluding hydrogens is 246 g/mol. The van der Waals surface area contributed by atoms with Gasteiger partial charge in [0.1, 0.15) is 5.54 Å². The molecule has 0 spiro atoms. The van der Waals surface area contributed by atoms with Crippen molar-refractivity contribution in [3.05, 3.63) is 0 Å². The van der Waals surface area contributed by atoms with Gasteiger partial charge in [-0.05, 0) is 40.7 Å². The molecule has 0 unspecified atom stereocenters. The summed E-state index contributed by atoms with van der Waals surface area (Å²) in [4.78, 5) is 26.8. The van der Waals surface area contributed by atoms with Gasteiger partial charge in [-0.2, -0.15) is 0 Å². The minimum absolute atomic E-state index is 0.320. The molecule has 0 saturated heterocycles. The van der Waals surface area contributed by atoms with Gasteiger partial charge in [-0.3, -0.25) is 0 Å². The van der Waals surface area contributed by atoms with Gasteiger partial charge in [0.05, 0.1) is 0 Å². The minimum Gasteiger partial charge on any atom is -0.480 e. The molecule has 0 bridgehead atoms. The highest BCUT2D eigenvalue weighted by atomic mass is 16.4. The Kier molecular flexibility index (Phi) is 5.17. The Morgan fingerprint density at radius 2 is 1.95 bits per heavy atom. The van der Waals surface area contributed by atoms with Crippen molar-refractivity contribution in [3.63, 3.8) is 0 Å². The van der Waals surface area contributed by atoms with Crippen molar-refractivity contribution < 1.29 is 14.7 Å². The largest absolute Gasteiger partial charge is 0.480 e. The van der Waals surface area contributed by atoms with Gasteiger partial charge in [0.2, 0.25) is 0 Å². The number of hydrogen-bond acceptors (Lipinski definition) is 3. The first-order chi connectivity index (χ1) is 8.80. The number of aliphatic carboxylic acids is 1. The molecule has 0 aromatic heterocycles. The Bertz CT molecular complexity index is 340. The van der Waals surface area contributed by atoms with Crippen LogP contribution in [0.25, 0.3) is 0 Å². The van der Waals surface area contributed by atoms with Crippen LogP contribution in [0.3, 0.4) is 0 Å². The normalized spacial score (nSPS) is 15.4. The SMILES string of the molecule is CCN(C(=O)NCCN(C)C1CC1)C(C)(C)C(=O)O. The molecule has 0 aliphatic heterocycles. The quantitative estimate of drug-likeness (QED) is 0.724. The molecule has 1 saturated carbocycles. The zero-order valence-electron chi connectivity index (χ0n) is 12.3. The Labute approximate surface area is 114 Å². The number of urea groups is 1. The lowest BCUT2D eigenvalue weighted by atomic mass is 10.0. The summed E-state index contributed by atoms with van der Waals surface area (Å²) in [5, 5.41) is 11.9. The molecule has 1 aliphatic carbocycles. The van der Waals surface area contributed by atoms with Gasteiger partial charge in [-0.1, -0.05) is 0 Å². The van der Waals surface area contributed by atoms with Crippen LogP contribution in [0, 0.1) is 0 Å². The van der Waals surface area contributed by atoms with Crippen molar-refractivity contribution in [3.8, 4) is 0 Å². The van der Waals surface area contributed by atoms with E-state index in [4.69, 9.17) is 5.11 Å². The van der Waals surface area contributed by atoms with Crippen LogP contribution in [-0.2, 0) is 4.79 Å². The van der Waals surface area contributed by atoms with Crippen molar-refractivity contribution >= 4 is 12.0 Å². The lowest BCUT2D eigenvalue weighted by molar-refractivity contribution is -0.147. The first kappa shape index (κ1) is 15.8. The summed E-state index contributed by atoms with van der Waals surface area (Å²) >= 11 is 0. The standard InChI is InChI=1S/C13H25N3O3/c1-5-16(13(2,3)11(17)18)12(19)14-8-9-15(4)10-6-7-10/h10H,5-9H2,1-4H3,(H,14,19)(H,17,18). The third kappa shape index (κ3) is 4.09. The van der Waals surface area contributed by atoms with Crippen molar-refractivity contribution in [2.45, 2.75) is 45.2 Å². The zero-order valence-corrected chi connectivity index (χ0v) is 12.3. The van der Waals surface area contributed by atoms with E-state index in [-0.39, 0.29) is 6.03 Å². The number of carboxylic acids is 1. The molecule has 2 N–H and O–H groups in total. The molecule has 6 heteroatoms. The number of carbonyl (C=O) groups is 2. The van der Waals surface area contributed by atoms with E-state index in [9.17, 15) is 9.59 Å². The van der Waals surface area contributed by atoms with Crippen molar-refractivity contribution in [1.82, 2.24) is 15.1 Å². The van der Waals surface area contributed by atoms with E-state index in [0.29, 0.717) is 19.1 Å². The highest BCUT2D eigenvalue weighted by molar-refractivity contribution is 5.85. The Balaban J connectivity index is 2.42. The molecule has 6 nitrogen and oxygen atoms in total. The summed E-state index contributed by atoms with van der Waals surface area (Å²) in [5.41, 5.74) is -1.19. The predicted molar refractivity (Wildman–Crippen MR) is 73.1 cm³/mol. The molecule has 0 atom stereocenters. The van der Waals surface area contributed by atoms with Crippen LogP contribution >= 0.6 is 0 Å². The third-order valence-electron chi connectivity index (χ3n) is 3.67. The summed E-state index contributed by atoms with van der Waals surface area (Å²) in [7, 11) is 2.04. The van der Waals surface area contributed by atoms with E-state index in [0.717, 1.165) is 6.54 Å². The summed E-state index contributed by atoms with van der Waals surface area (Å²) in [6.45, 7) is 6.55. The minimum atomic E-state index is -1.19. The highest BCUT2D eigenvalue weighted by Crippen LogP contribution is 2.24. The van der Waals surface area contributed by atoms with Crippen molar-refractivity contribution in [1.29, 1.82) is 0 Å². The van der Waals surface area contributed by atoms with Gasteiger partial charge in [-0.25, -0.2) is 9.59 Å². The lowest BCUT2D eigenvalue weighted by Gasteiger charge is -2.34. The lowest BCUT2D eigenvalue weighted by Crippen LogP contribution is -2.56. The van der Waals surface area contributed by atoms with E-state index in [1.807, 2.05) is 7.05 Å². The number of nitrogens with zero attached hydrogens (tertiary/aromatic N) is 2. The second-order valence-electron chi connectivity index (χ2n) is 5.55. The van der Waals surface area contributed by atoms with E-state index >= 15 is 0 Å². The first-order valence-corrected chi connectivity index (χ1v) is 6.79. The average molecular weight is 271 g/mol. The predicted octanol–water partition coefficient (Wildman–Crippen LogP) is 0.975. The maximum absolute atomic E-state index is 12.0. The van der Waals surface area contributed by atoms with Gasteiger partial charge >= 0.3 is 12.0 Å². The number of carbonyl (C=O) groups excluding carboxylic acids is 1. The van der Waals surface area contributed by atoms with Crippen LogP contribution < -0.4 is 5.32 Å². The van der Waals surface area contributed by atoms with Crippen molar-refractivity contribution in [2.24, 2.45) is 0 Å². The van der Waals surface area contributed by atoms with Gasteiger partial charge in [0.25, 0.3) is 0 Å². The molecule has 2 amide bonds. The number of nitrogens with one attached hydrogen (secondary N) is 1. The Morgan fingerprint density at radius 1 is 1.37 bits per heavy atom. The third-order valence-corrected chi connectivity index (χ3v) is 3.67. The van der Waals surface area contributed by atoms with E-state index in [2.05, 4.69) is 10.2 Å². The highest BCUT2D eigenvalue weighted by Gasteiger charge is 2.36. The van der Waals surface area contributed by atoms with Crippen LogP contribution in [0.2, 0.25) is 0 Å².